The van der Waals surface area contributed by atoms with Crippen LogP contribution in [0.2, 0.25) is 0 Å². The number of hydrogen-bond acceptors (Lipinski definition) is 5. The molecule has 1 aromatic heterocycles. The van der Waals surface area contributed by atoms with Gasteiger partial charge in [-0.3, -0.25) is 4.98 Å². The zero-order chi connectivity index (χ0) is 12.2. The minimum absolute atomic E-state index is 0.0892. The standard InChI is InChI=1S/C11H16N2O3/c1-11(6-12,7-14)9-4-3-8(5-13-9)10(15)16-2/h3-5,14H,6-7,12H2,1-2H3. The van der Waals surface area contributed by atoms with Gasteiger partial charge in [0.25, 0.3) is 0 Å². The van der Waals surface area contributed by atoms with Crippen LogP contribution in [0.4, 0.5) is 0 Å². The molecule has 0 saturated carbocycles. The summed E-state index contributed by atoms with van der Waals surface area (Å²) in [6, 6.07) is 3.28. The van der Waals surface area contributed by atoms with Gasteiger partial charge < -0.3 is 15.6 Å². The number of pyridine rings is 1. The predicted molar refractivity (Wildman–Crippen MR) is 59.1 cm³/mol. The maximum atomic E-state index is 11.2. The SMILES string of the molecule is COC(=O)c1ccc(C(C)(CN)CO)nc1. The summed E-state index contributed by atoms with van der Waals surface area (Å²) in [5.41, 5.74) is 6.04. The molecule has 3 N–H and O–H groups in total. The van der Waals surface area contributed by atoms with Crippen LogP contribution < -0.4 is 5.73 Å². The second-order valence-electron chi connectivity index (χ2n) is 3.85. The van der Waals surface area contributed by atoms with Crippen LogP contribution in [0, 0.1) is 0 Å². The zero-order valence-electron chi connectivity index (χ0n) is 9.43. The fraction of sp³-hybridized carbons (Fsp3) is 0.455. The molecule has 0 fully saturated rings. The summed E-state index contributed by atoms with van der Waals surface area (Å²) < 4.78 is 4.56. The van der Waals surface area contributed by atoms with Gasteiger partial charge >= 0.3 is 5.97 Å². The molecular formula is C11H16N2O3. The molecule has 1 rings (SSSR count). The summed E-state index contributed by atoms with van der Waals surface area (Å²) in [6.07, 6.45) is 1.42. The van der Waals surface area contributed by atoms with E-state index in [2.05, 4.69) is 9.72 Å². The van der Waals surface area contributed by atoms with E-state index >= 15 is 0 Å². The third-order valence-electron chi connectivity index (χ3n) is 2.60. The van der Waals surface area contributed by atoms with E-state index < -0.39 is 11.4 Å². The molecule has 0 aliphatic carbocycles. The highest BCUT2D eigenvalue weighted by Gasteiger charge is 2.25. The number of ether oxygens (including phenoxy) is 1. The molecule has 0 amide bonds. The monoisotopic (exact) mass is 224 g/mol. The molecule has 0 aromatic carbocycles. The van der Waals surface area contributed by atoms with Crippen molar-refractivity contribution < 1.29 is 14.6 Å². The van der Waals surface area contributed by atoms with E-state index in [4.69, 9.17) is 5.73 Å². The second-order valence-corrected chi connectivity index (χ2v) is 3.85. The molecule has 0 bridgehead atoms. The molecule has 5 heteroatoms. The molecule has 1 unspecified atom stereocenters. The van der Waals surface area contributed by atoms with E-state index in [1.807, 2.05) is 6.92 Å². The Morgan fingerprint density at radius 2 is 2.31 bits per heavy atom. The number of aliphatic hydroxyl groups excluding tert-OH is 1. The summed E-state index contributed by atoms with van der Waals surface area (Å²) >= 11 is 0. The van der Waals surface area contributed by atoms with Crippen LogP contribution in [0.15, 0.2) is 18.3 Å². The average molecular weight is 224 g/mol. The van der Waals surface area contributed by atoms with Crippen molar-refractivity contribution in [2.45, 2.75) is 12.3 Å². The lowest BCUT2D eigenvalue weighted by molar-refractivity contribution is 0.0600. The lowest BCUT2D eigenvalue weighted by Crippen LogP contribution is -2.36. The van der Waals surface area contributed by atoms with E-state index in [-0.39, 0.29) is 13.2 Å². The van der Waals surface area contributed by atoms with Crippen LogP contribution in [0.25, 0.3) is 0 Å². The second kappa shape index (κ2) is 5.05. The van der Waals surface area contributed by atoms with E-state index in [1.54, 1.807) is 12.1 Å². The highest BCUT2D eigenvalue weighted by molar-refractivity contribution is 5.88. The van der Waals surface area contributed by atoms with E-state index in [9.17, 15) is 9.90 Å². The van der Waals surface area contributed by atoms with Crippen molar-refractivity contribution in [2.24, 2.45) is 5.73 Å². The molecule has 1 aromatic rings. The Balaban J connectivity index is 2.98. The molecule has 0 radical (unpaired) electrons. The molecule has 0 aliphatic heterocycles. The Bertz CT molecular complexity index is 358. The summed E-state index contributed by atoms with van der Waals surface area (Å²) in [4.78, 5) is 15.3. The predicted octanol–water partition coefficient (Wildman–Crippen LogP) is 0.0769. The molecule has 0 aliphatic rings. The normalized spacial score (nSPS) is 14.2. The number of carbonyl (C=O) groups is 1. The number of aromatic nitrogens is 1. The van der Waals surface area contributed by atoms with Crippen LogP contribution in [-0.2, 0) is 10.2 Å². The van der Waals surface area contributed by atoms with Crippen molar-refractivity contribution in [3.63, 3.8) is 0 Å². The van der Waals surface area contributed by atoms with Gasteiger partial charge in [0.2, 0.25) is 0 Å². The zero-order valence-corrected chi connectivity index (χ0v) is 9.43. The summed E-state index contributed by atoms with van der Waals surface area (Å²) in [7, 11) is 1.31. The quantitative estimate of drug-likeness (QED) is 0.707. The maximum Gasteiger partial charge on any atom is 0.339 e. The van der Waals surface area contributed by atoms with Gasteiger partial charge in [-0.25, -0.2) is 4.79 Å². The van der Waals surface area contributed by atoms with E-state index in [0.717, 1.165) is 0 Å². The van der Waals surface area contributed by atoms with Gasteiger partial charge in [-0.05, 0) is 12.1 Å². The fourth-order valence-electron chi connectivity index (χ4n) is 1.24. The first kappa shape index (κ1) is 12.6. The number of carbonyl (C=O) groups excluding carboxylic acids is 1. The molecule has 1 heterocycles. The van der Waals surface area contributed by atoms with Crippen molar-refractivity contribution in [2.75, 3.05) is 20.3 Å². The molecule has 1 atom stereocenters. The minimum atomic E-state index is -0.575. The number of esters is 1. The van der Waals surface area contributed by atoms with Gasteiger partial charge in [0, 0.05) is 23.9 Å². The van der Waals surface area contributed by atoms with Gasteiger partial charge in [-0.1, -0.05) is 6.92 Å². The number of methoxy groups -OCH3 is 1. The topological polar surface area (TPSA) is 85.4 Å². The van der Waals surface area contributed by atoms with E-state index in [0.29, 0.717) is 11.3 Å². The van der Waals surface area contributed by atoms with E-state index in [1.165, 1.54) is 13.3 Å². The third-order valence-corrected chi connectivity index (χ3v) is 2.60. The van der Waals surface area contributed by atoms with Gasteiger partial charge in [0.1, 0.15) is 0 Å². The number of nitrogens with two attached hydrogens (primary N) is 1. The fourth-order valence-corrected chi connectivity index (χ4v) is 1.24. The number of hydrogen-bond donors (Lipinski definition) is 2. The largest absolute Gasteiger partial charge is 0.465 e. The van der Waals surface area contributed by atoms with Gasteiger partial charge in [0.05, 0.1) is 19.3 Å². The maximum absolute atomic E-state index is 11.2. The first-order valence-electron chi connectivity index (χ1n) is 4.93. The first-order chi connectivity index (χ1) is 7.57. The summed E-state index contributed by atoms with van der Waals surface area (Å²) in [5, 5.41) is 9.25. The van der Waals surface area contributed by atoms with Crippen LogP contribution >= 0.6 is 0 Å². The number of nitrogens with zero attached hydrogens (tertiary/aromatic N) is 1. The third kappa shape index (κ3) is 2.37. The first-order valence-corrected chi connectivity index (χ1v) is 4.93. The minimum Gasteiger partial charge on any atom is -0.465 e. The Labute approximate surface area is 94.2 Å². The average Bonchev–Trinajstić information content (AvgIpc) is 2.37. The molecule has 0 saturated heterocycles. The Morgan fingerprint density at radius 3 is 2.69 bits per heavy atom. The van der Waals surface area contributed by atoms with Gasteiger partial charge in [-0.15, -0.1) is 0 Å². The molecular weight excluding hydrogens is 208 g/mol. The number of aliphatic hydroxyl groups is 1. The Kier molecular flexibility index (Phi) is 3.98. The van der Waals surface area contributed by atoms with Crippen molar-refractivity contribution in [3.8, 4) is 0 Å². The van der Waals surface area contributed by atoms with Crippen LogP contribution in [0.5, 0.6) is 0 Å². The smallest absolute Gasteiger partial charge is 0.339 e. The molecule has 16 heavy (non-hydrogen) atoms. The molecule has 88 valence electrons. The highest BCUT2D eigenvalue weighted by atomic mass is 16.5. The lowest BCUT2D eigenvalue weighted by atomic mass is 9.87. The van der Waals surface area contributed by atoms with Gasteiger partial charge in [0.15, 0.2) is 0 Å². The highest BCUT2D eigenvalue weighted by Crippen LogP contribution is 2.19. The van der Waals surface area contributed by atoms with Crippen molar-refractivity contribution in [3.05, 3.63) is 29.6 Å². The summed E-state index contributed by atoms with van der Waals surface area (Å²) in [6.45, 7) is 2.01. The van der Waals surface area contributed by atoms with Crippen molar-refractivity contribution in [1.29, 1.82) is 0 Å². The van der Waals surface area contributed by atoms with Crippen molar-refractivity contribution in [1.82, 2.24) is 4.98 Å². The molecule has 0 spiro atoms. The Hall–Kier alpha value is -1.46. The van der Waals surface area contributed by atoms with Crippen LogP contribution in [-0.4, -0.2) is 36.3 Å². The van der Waals surface area contributed by atoms with Crippen LogP contribution in [0.3, 0.4) is 0 Å². The lowest BCUT2D eigenvalue weighted by Gasteiger charge is -2.24. The molecule has 5 nitrogen and oxygen atoms in total. The van der Waals surface area contributed by atoms with Crippen molar-refractivity contribution >= 4 is 5.97 Å². The Morgan fingerprint density at radius 1 is 1.62 bits per heavy atom. The number of rotatable bonds is 4. The summed E-state index contributed by atoms with van der Waals surface area (Å²) in [5.74, 6) is -0.433. The van der Waals surface area contributed by atoms with Crippen LogP contribution in [0.1, 0.15) is 23.0 Å². The van der Waals surface area contributed by atoms with Gasteiger partial charge in [-0.2, -0.15) is 0 Å².